The molecule has 0 amide bonds. The van der Waals surface area contributed by atoms with Crippen LogP contribution in [0.2, 0.25) is 0 Å². The highest BCUT2D eigenvalue weighted by atomic mass is 32.1. The van der Waals surface area contributed by atoms with E-state index >= 15 is 0 Å². The van der Waals surface area contributed by atoms with Crippen molar-refractivity contribution in [3.05, 3.63) is 17.0 Å². The number of hydrogen-bond donors (Lipinski definition) is 3. The van der Waals surface area contributed by atoms with Crippen LogP contribution in [0.3, 0.4) is 0 Å². The number of nitrogens with two attached hydrogens (primary N) is 2. The van der Waals surface area contributed by atoms with E-state index in [9.17, 15) is 5.11 Å². The SMILES string of the molecule is Nc1ccn([C@@H]2OC[C@H](N)[C@H]2O)c(=S)n1. The smallest absolute Gasteiger partial charge is 0.203 e. The third kappa shape index (κ3) is 1.86. The summed E-state index contributed by atoms with van der Waals surface area (Å²) in [4.78, 5) is 3.90. The summed E-state index contributed by atoms with van der Waals surface area (Å²) in [7, 11) is 0. The summed E-state index contributed by atoms with van der Waals surface area (Å²) in [5.41, 5.74) is 11.1. The molecule has 1 aliphatic rings. The molecule has 1 aromatic heterocycles. The quantitative estimate of drug-likeness (QED) is 0.556. The number of rotatable bonds is 1. The van der Waals surface area contributed by atoms with Crippen molar-refractivity contribution in [2.24, 2.45) is 5.73 Å². The van der Waals surface area contributed by atoms with Gasteiger partial charge in [0.2, 0.25) is 4.77 Å². The summed E-state index contributed by atoms with van der Waals surface area (Å²) in [6.45, 7) is 0.304. The van der Waals surface area contributed by atoms with E-state index in [1.165, 1.54) is 0 Å². The second-order valence-corrected chi connectivity index (χ2v) is 3.79. The Balaban J connectivity index is 2.34. The van der Waals surface area contributed by atoms with Crippen molar-refractivity contribution in [1.29, 1.82) is 0 Å². The number of ether oxygens (including phenoxy) is 1. The van der Waals surface area contributed by atoms with Crippen molar-refractivity contribution in [2.45, 2.75) is 18.4 Å². The minimum absolute atomic E-state index is 0.271. The number of aliphatic hydroxyl groups is 1. The van der Waals surface area contributed by atoms with Crippen molar-refractivity contribution in [2.75, 3.05) is 12.3 Å². The number of aliphatic hydroxyl groups excluding tert-OH is 1. The zero-order chi connectivity index (χ0) is 11.0. The van der Waals surface area contributed by atoms with Gasteiger partial charge in [0.15, 0.2) is 6.23 Å². The van der Waals surface area contributed by atoms with Crippen LogP contribution in [0.1, 0.15) is 6.23 Å². The Labute approximate surface area is 91.5 Å². The lowest BCUT2D eigenvalue weighted by molar-refractivity contribution is -0.0112. The lowest BCUT2D eigenvalue weighted by Gasteiger charge is -2.18. The Morgan fingerprint density at radius 3 is 2.93 bits per heavy atom. The van der Waals surface area contributed by atoms with Crippen LogP contribution in [-0.2, 0) is 4.74 Å². The normalized spacial score (nSPS) is 30.7. The summed E-state index contributed by atoms with van der Waals surface area (Å²) in [6.07, 6.45) is 0.291. The molecule has 7 heteroatoms. The number of nitrogen functional groups attached to an aromatic ring is 1. The fourth-order valence-electron chi connectivity index (χ4n) is 1.48. The molecule has 0 bridgehead atoms. The molecule has 0 aromatic carbocycles. The van der Waals surface area contributed by atoms with E-state index in [4.69, 9.17) is 28.4 Å². The molecule has 2 rings (SSSR count). The molecule has 82 valence electrons. The molecule has 1 fully saturated rings. The minimum atomic E-state index is -0.776. The predicted octanol–water partition coefficient (Wildman–Crippen LogP) is -0.588. The fraction of sp³-hybridized carbons (Fsp3) is 0.500. The van der Waals surface area contributed by atoms with E-state index in [1.54, 1.807) is 16.8 Å². The summed E-state index contributed by atoms with van der Waals surface area (Å²) in [5, 5.41) is 9.73. The molecule has 0 aliphatic carbocycles. The Kier molecular flexibility index (Phi) is 2.70. The first-order valence-corrected chi connectivity index (χ1v) is 4.90. The topological polar surface area (TPSA) is 99.3 Å². The molecule has 0 unspecified atom stereocenters. The van der Waals surface area contributed by atoms with Gasteiger partial charge in [0.05, 0.1) is 12.6 Å². The van der Waals surface area contributed by atoms with Gasteiger partial charge in [0.25, 0.3) is 0 Å². The van der Waals surface area contributed by atoms with E-state index in [0.29, 0.717) is 12.4 Å². The molecule has 1 saturated heterocycles. The van der Waals surface area contributed by atoms with Gasteiger partial charge in [0, 0.05) is 6.20 Å². The van der Waals surface area contributed by atoms with Crippen LogP contribution in [0.25, 0.3) is 0 Å². The monoisotopic (exact) mass is 228 g/mol. The summed E-state index contributed by atoms with van der Waals surface area (Å²) in [5.74, 6) is 0.341. The summed E-state index contributed by atoms with van der Waals surface area (Å²) >= 11 is 5.01. The van der Waals surface area contributed by atoms with Gasteiger partial charge in [-0.1, -0.05) is 0 Å². The second-order valence-electron chi connectivity index (χ2n) is 3.42. The van der Waals surface area contributed by atoms with Crippen LogP contribution in [-0.4, -0.2) is 33.4 Å². The molecule has 0 spiro atoms. The first kappa shape index (κ1) is 10.5. The van der Waals surface area contributed by atoms with Gasteiger partial charge < -0.3 is 21.3 Å². The molecule has 1 aromatic rings. The minimum Gasteiger partial charge on any atom is -0.387 e. The van der Waals surface area contributed by atoms with Gasteiger partial charge in [0.1, 0.15) is 11.9 Å². The third-order valence-corrected chi connectivity index (χ3v) is 2.62. The molecular formula is C8H12N4O2S. The first-order valence-electron chi connectivity index (χ1n) is 4.49. The standard InChI is InChI=1S/C8H12N4O2S/c9-4-3-14-7(6(4)13)12-2-1-5(10)11-8(12)15/h1-2,4,6-7,13H,3,9H2,(H2,10,11,15)/t4-,6+,7+/m0/s1. The second kappa shape index (κ2) is 3.86. The molecule has 15 heavy (non-hydrogen) atoms. The van der Waals surface area contributed by atoms with Gasteiger partial charge in [-0.15, -0.1) is 0 Å². The molecular weight excluding hydrogens is 216 g/mol. The summed E-state index contributed by atoms with van der Waals surface area (Å²) in [6, 6.07) is 1.20. The first-order chi connectivity index (χ1) is 7.09. The molecule has 6 nitrogen and oxygen atoms in total. The van der Waals surface area contributed by atoms with Gasteiger partial charge in [-0.3, -0.25) is 4.57 Å². The van der Waals surface area contributed by atoms with Crippen molar-refractivity contribution in [1.82, 2.24) is 9.55 Å². The third-order valence-electron chi connectivity index (χ3n) is 2.32. The Morgan fingerprint density at radius 1 is 1.67 bits per heavy atom. The van der Waals surface area contributed by atoms with Crippen molar-refractivity contribution in [3.63, 3.8) is 0 Å². The fourth-order valence-corrected chi connectivity index (χ4v) is 1.75. The molecule has 0 radical (unpaired) electrons. The molecule has 5 N–H and O–H groups in total. The number of hydrogen-bond acceptors (Lipinski definition) is 6. The Hall–Kier alpha value is -1.02. The van der Waals surface area contributed by atoms with Gasteiger partial charge in [-0.05, 0) is 18.3 Å². The maximum absolute atomic E-state index is 9.73. The average molecular weight is 228 g/mol. The van der Waals surface area contributed by atoms with Crippen molar-refractivity contribution >= 4 is 18.0 Å². The maximum atomic E-state index is 9.73. The lowest BCUT2D eigenvalue weighted by atomic mass is 10.2. The number of aromatic nitrogens is 2. The van der Waals surface area contributed by atoms with E-state index in [0.717, 1.165) is 0 Å². The van der Waals surface area contributed by atoms with Gasteiger partial charge >= 0.3 is 0 Å². The molecule has 1 aliphatic heterocycles. The highest BCUT2D eigenvalue weighted by Gasteiger charge is 2.34. The number of anilines is 1. The zero-order valence-electron chi connectivity index (χ0n) is 7.91. The lowest BCUT2D eigenvalue weighted by Crippen LogP contribution is -2.35. The number of nitrogens with zero attached hydrogens (tertiary/aromatic N) is 2. The molecule has 0 saturated carbocycles. The predicted molar refractivity (Wildman–Crippen MR) is 56.4 cm³/mol. The van der Waals surface area contributed by atoms with E-state index in [1.807, 2.05) is 0 Å². The highest BCUT2D eigenvalue weighted by Crippen LogP contribution is 2.23. The van der Waals surface area contributed by atoms with Crippen LogP contribution in [0.15, 0.2) is 12.3 Å². The molecule has 3 atom stereocenters. The van der Waals surface area contributed by atoms with Crippen LogP contribution < -0.4 is 11.5 Å². The Bertz CT molecular complexity index is 421. The van der Waals surface area contributed by atoms with E-state index in [2.05, 4.69) is 4.98 Å². The maximum Gasteiger partial charge on any atom is 0.203 e. The zero-order valence-corrected chi connectivity index (χ0v) is 8.72. The highest BCUT2D eigenvalue weighted by molar-refractivity contribution is 7.71. The summed E-state index contributed by atoms with van der Waals surface area (Å²) < 4.78 is 7.14. The Morgan fingerprint density at radius 2 is 2.40 bits per heavy atom. The van der Waals surface area contributed by atoms with Crippen LogP contribution >= 0.6 is 12.2 Å². The van der Waals surface area contributed by atoms with Crippen molar-refractivity contribution in [3.8, 4) is 0 Å². The van der Waals surface area contributed by atoms with Crippen molar-refractivity contribution < 1.29 is 9.84 Å². The largest absolute Gasteiger partial charge is 0.387 e. The van der Waals surface area contributed by atoms with Crippen LogP contribution in [0.5, 0.6) is 0 Å². The average Bonchev–Trinajstić information content (AvgIpc) is 2.49. The van der Waals surface area contributed by atoms with E-state index in [-0.39, 0.29) is 4.77 Å². The van der Waals surface area contributed by atoms with Gasteiger partial charge in [-0.2, -0.15) is 0 Å². The molecule has 2 heterocycles. The van der Waals surface area contributed by atoms with Crippen LogP contribution in [0.4, 0.5) is 5.82 Å². The van der Waals surface area contributed by atoms with E-state index < -0.39 is 18.4 Å². The van der Waals surface area contributed by atoms with Crippen LogP contribution in [0, 0.1) is 4.77 Å². The van der Waals surface area contributed by atoms with Gasteiger partial charge in [-0.25, -0.2) is 4.98 Å².